The molecule has 0 fully saturated rings. The Morgan fingerprint density at radius 3 is 2.04 bits per heavy atom. The zero-order chi connectivity index (χ0) is 20.2. The molecule has 26 heavy (non-hydrogen) atoms. The van der Waals surface area contributed by atoms with E-state index < -0.39 is 21.3 Å². The van der Waals surface area contributed by atoms with Gasteiger partial charge < -0.3 is 5.32 Å². The van der Waals surface area contributed by atoms with Crippen LogP contribution in [0.1, 0.15) is 60.3 Å². The number of sulfonamides is 1. The molecule has 0 saturated heterocycles. The maximum atomic E-state index is 11.4. The first-order valence-electron chi connectivity index (χ1n) is 8.83. The second-order valence-electron chi connectivity index (χ2n) is 6.78. The van der Waals surface area contributed by atoms with Crippen molar-refractivity contribution in [3.8, 4) is 0 Å². The molecule has 0 heterocycles. The number of thioether (sulfide) groups is 1. The number of carbonyl (C=O) groups is 1. The van der Waals surface area contributed by atoms with Crippen LogP contribution in [0, 0.1) is 0 Å². The van der Waals surface area contributed by atoms with Crippen molar-refractivity contribution in [3.05, 3.63) is 34.9 Å². The van der Waals surface area contributed by atoms with E-state index in [1.165, 1.54) is 35.4 Å². The highest BCUT2D eigenvalue weighted by Crippen LogP contribution is 2.13. The van der Waals surface area contributed by atoms with E-state index in [1.807, 2.05) is 0 Å². The molecule has 0 aliphatic heterocycles. The molecular formula is C19H34N2O3S2. The SMILES string of the molecule is CC(=O)NC(CSCC=C(C)CCC=C(C)CCC=C(C)C)S(N)(=O)=O. The van der Waals surface area contributed by atoms with Crippen LogP contribution in [-0.4, -0.2) is 31.2 Å². The lowest BCUT2D eigenvalue weighted by molar-refractivity contribution is -0.119. The van der Waals surface area contributed by atoms with Crippen molar-refractivity contribution in [3.63, 3.8) is 0 Å². The lowest BCUT2D eigenvalue weighted by Gasteiger charge is -2.14. The first kappa shape index (κ1) is 24.9. The Bertz CT molecular complexity index is 631. The van der Waals surface area contributed by atoms with Crippen molar-refractivity contribution in [1.82, 2.24) is 5.32 Å². The largest absolute Gasteiger partial charge is 0.338 e. The highest BCUT2D eigenvalue weighted by atomic mass is 32.2. The lowest BCUT2D eigenvalue weighted by Crippen LogP contribution is -2.44. The van der Waals surface area contributed by atoms with Crippen LogP contribution < -0.4 is 10.5 Å². The van der Waals surface area contributed by atoms with Gasteiger partial charge in [0.2, 0.25) is 15.9 Å². The molecule has 0 radical (unpaired) electrons. The number of hydrogen-bond donors (Lipinski definition) is 2. The van der Waals surface area contributed by atoms with Crippen molar-refractivity contribution in [2.24, 2.45) is 5.14 Å². The Morgan fingerprint density at radius 1 is 1.00 bits per heavy atom. The Kier molecular flexibility index (Phi) is 12.6. The van der Waals surface area contributed by atoms with Crippen LogP contribution >= 0.6 is 11.8 Å². The highest BCUT2D eigenvalue weighted by Gasteiger charge is 2.21. The fourth-order valence-corrected chi connectivity index (χ4v) is 4.37. The summed E-state index contributed by atoms with van der Waals surface area (Å²) in [5.41, 5.74) is 4.05. The number of allylic oxidation sites excluding steroid dienone is 5. The molecule has 0 aromatic carbocycles. The first-order valence-corrected chi connectivity index (χ1v) is 11.6. The topological polar surface area (TPSA) is 89.3 Å². The molecule has 1 atom stereocenters. The molecule has 7 heteroatoms. The Morgan fingerprint density at radius 2 is 1.54 bits per heavy atom. The first-order chi connectivity index (χ1) is 12.0. The van der Waals surface area contributed by atoms with E-state index >= 15 is 0 Å². The van der Waals surface area contributed by atoms with Gasteiger partial charge in [0.05, 0.1) is 0 Å². The number of amides is 1. The van der Waals surface area contributed by atoms with Crippen molar-refractivity contribution in [1.29, 1.82) is 0 Å². The molecule has 0 saturated carbocycles. The fourth-order valence-electron chi connectivity index (χ4n) is 2.16. The predicted molar refractivity (Wildman–Crippen MR) is 113 cm³/mol. The monoisotopic (exact) mass is 402 g/mol. The van der Waals surface area contributed by atoms with Gasteiger partial charge in [0.25, 0.3) is 0 Å². The van der Waals surface area contributed by atoms with Crippen molar-refractivity contribution < 1.29 is 13.2 Å². The van der Waals surface area contributed by atoms with Crippen LogP contribution in [0.15, 0.2) is 34.9 Å². The summed E-state index contributed by atoms with van der Waals surface area (Å²) < 4.78 is 22.9. The molecule has 5 nitrogen and oxygen atoms in total. The van der Waals surface area contributed by atoms with Gasteiger partial charge in [-0.25, -0.2) is 13.6 Å². The standard InChI is InChI=1S/C19H34N2O3S2/c1-15(2)8-6-9-16(3)10-7-11-17(4)12-13-25-14-19(21-18(5)22)26(20,23)24/h8,10,12,19H,6-7,9,11,13-14H2,1-5H3,(H,21,22)(H2,20,23,24). The second-order valence-corrected chi connectivity index (χ2v) is 9.60. The van der Waals surface area contributed by atoms with Crippen LogP contribution in [0.5, 0.6) is 0 Å². The van der Waals surface area contributed by atoms with Gasteiger partial charge in [0, 0.05) is 18.4 Å². The molecule has 0 bridgehead atoms. The molecule has 1 amide bonds. The third-order valence-corrected chi connectivity index (χ3v) is 5.96. The normalized spacial score (nSPS) is 14.1. The summed E-state index contributed by atoms with van der Waals surface area (Å²) in [4.78, 5) is 11.1. The smallest absolute Gasteiger partial charge is 0.231 e. The predicted octanol–water partition coefficient (Wildman–Crippen LogP) is 3.89. The van der Waals surface area contributed by atoms with Gasteiger partial charge in [-0.15, -0.1) is 0 Å². The molecule has 150 valence electrons. The van der Waals surface area contributed by atoms with E-state index in [0.29, 0.717) is 5.75 Å². The molecule has 0 aromatic heterocycles. The van der Waals surface area contributed by atoms with Gasteiger partial charge in [-0.3, -0.25) is 4.79 Å². The van der Waals surface area contributed by atoms with Crippen molar-refractivity contribution >= 4 is 27.7 Å². The molecule has 0 aliphatic rings. The molecule has 3 N–H and O–H groups in total. The Balaban J connectivity index is 4.21. The minimum atomic E-state index is -3.78. The number of rotatable bonds is 12. The Labute approximate surface area is 163 Å². The van der Waals surface area contributed by atoms with Gasteiger partial charge >= 0.3 is 0 Å². The fraction of sp³-hybridized carbons (Fsp3) is 0.632. The number of nitrogens with one attached hydrogen (secondary N) is 1. The van der Waals surface area contributed by atoms with Gasteiger partial charge in [0.1, 0.15) is 0 Å². The maximum Gasteiger partial charge on any atom is 0.231 e. The molecule has 1 unspecified atom stereocenters. The van der Waals surface area contributed by atoms with Crippen LogP contribution in [-0.2, 0) is 14.8 Å². The molecular weight excluding hydrogens is 368 g/mol. The summed E-state index contributed by atoms with van der Waals surface area (Å²) in [5, 5.41) is 6.47. The van der Waals surface area contributed by atoms with E-state index in [9.17, 15) is 13.2 Å². The minimum Gasteiger partial charge on any atom is -0.338 e. The van der Waals surface area contributed by atoms with E-state index in [4.69, 9.17) is 5.14 Å². The van der Waals surface area contributed by atoms with Gasteiger partial charge in [0.15, 0.2) is 5.37 Å². The third-order valence-electron chi connectivity index (χ3n) is 3.70. The quantitative estimate of drug-likeness (QED) is 0.383. The summed E-state index contributed by atoms with van der Waals surface area (Å²) >= 11 is 1.44. The minimum absolute atomic E-state index is 0.242. The number of nitrogens with two attached hydrogens (primary N) is 1. The highest BCUT2D eigenvalue weighted by molar-refractivity contribution is 8.00. The number of primary sulfonamides is 1. The maximum absolute atomic E-state index is 11.4. The average Bonchev–Trinajstić information content (AvgIpc) is 2.48. The van der Waals surface area contributed by atoms with E-state index in [1.54, 1.807) is 0 Å². The van der Waals surface area contributed by atoms with Gasteiger partial charge in [-0.2, -0.15) is 11.8 Å². The summed E-state index contributed by atoms with van der Waals surface area (Å²) in [5.74, 6) is 0.537. The molecule has 0 aliphatic carbocycles. The zero-order valence-electron chi connectivity index (χ0n) is 16.7. The van der Waals surface area contributed by atoms with Crippen molar-refractivity contribution in [2.45, 2.75) is 65.7 Å². The van der Waals surface area contributed by atoms with Gasteiger partial charge in [-0.05, 0) is 53.4 Å². The Hall–Kier alpha value is -1.05. The van der Waals surface area contributed by atoms with Crippen LogP contribution in [0.25, 0.3) is 0 Å². The van der Waals surface area contributed by atoms with E-state index in [0.717, 1.165) is 25.7 Å². The van der Waals surface area contributed by atoms with Crippen LogP contribution in [0.2, 0.25) is 0 Å². The third kappa shape index (κ3) is 14.2. The summed E-state index contributed by atoms with van der Waals surface area (Å²) in [7, 11) is -3.78. The molecule has 0 spiro atoms. The number of hydrogen-bond acceptors (Lipinski definition) is 4. The molecule has 0 rings (SSSR count). The van der Waals surface area contributed by atoms with Crippen molar-refractivity contribution in [2.75, 3.05) is 11.5 Å². The molecule has 0 aromatic rings. The number of carbonyl (C=O) groups excluding carboxylic acids is 1. The lowest BCUT2D eigenvalue weighted by atomic mass is 10.1. The summed E-state index contributed by atoms with van der Waals surface area (Å²) in [6, 6.07) is 0. The van der Waals surface area contributed by atoms with Crippen LogP contribution in [0.3, 0.4) is 0 Å². The van der Waals surface area contributed by atoms with E-state index in [2.05, 4.69) is 51.2 Å². The summed E-state index contributed by atoms with van der Waals surface area (Å²) in [6.45, 7) is 9.77. The average molecular weight is 403 g/mol. The van der Waals surface area contributed by atoms with E-state index in [-0.39, 0.29) is 5.75 Å². The zero-order valence-corrected chi connectivity index (χ0v) is 18.3. The van der Waals surface area contributed by atoms with Gasteiger partial charge in [-0.1, -0.05) is 34.9 Å². The van der Waals surface area contributed by atoms with Crippen LogP contribution in [0.4, 0.5) is 0 Å². The summed E-state index contributed by atoms with van der Waals surface area (Å²) in [6.07, 6.45) is 10.8. The second kappa shape index (κ2) is 13.2.